The summed E-state index contributed by atoms with van der Waals surface area (Å²) in [6, 6.07) is 5.92. The molecule has 9 rings (SSSR count). The molecule has 2 aromatic carbocycles. The predicted molar refractivity (Wildman–Crippen MR) is 169 cm³/mol. The van der Waals surface area contributed by atoms with Gasteiger partial charge in [0.1, 0.15) is 41.4 Å². The van der Waals surface area contributed by atoms with Gasteiger partial charge in [0.05, 0.1) is 16.5 Å². The van der Waals surface area contributed by atoms with E-state index in [1.807, 2.05) is 4.90 Å². The average molecular weight is 634 g/mol. The fourth-order valence-corrected chi connectivity index (χ4v) is 8.52. The first-order chi connectivity index (χ1) is 22.2. The first kappa shape index (κ1) is 29.7. The van der Waals surface area contributed by atoms with Crippen LogP contribution in [0.2, 0.25) is 0 Å². The van der Waals surface area contributed by atoms with E-state index in [9.17, 15) is 14.6 Å². The van der Waals surface area contributed by atoms with Crippen molar-refractivity contribution in [3.63, 3.8) is 0 Å². The van der Waals surface area contributed by atoms with Crippen LogP contribution in [-0.4, -0.2) is 80.2 Å². The number of aliphatic hydroxyl groups is 1. The van der Waals surface area contributed by atoms with E-state index in [1.165, 1.54) is 18.3 Å². The number of pyridine rings is 1. The van der Waals surface area contributed by atoms with Crippen LogP contribution in [0.25, 0.3) is 32.9 Å². The molecule has 2 N–H and O–H groups in total. The number of aromatic hydroxyl groups is 1. The van der Waals surface area contributed by atoms with Gasteiger partial charge in [0.25, 0.3) is 0 Å². The summed E-state index contributed by atoms with van der Waals surface area (Å²) in [5.41, 5.74) is -0.755. The first-order valence-corrected chi connectivity index (χ1v) is 16.5. The lowest BCUT2D eigenvalue weighted by Gasteiger charge is -2.40. The summed E-state index contributed by atoms with van der Waals surface area (Å²) in [5, 5.41) is 23.8. The second-order valence-corrected chi connectivity index (χ2v) is 13.8. The van der Waals surface area contributed by atoms with Gasteiger partial charge >= 0.3 is 6.01 Å². The van der Waals surface area contributed by atoms with Crippen LogP contribution in [0, 0.1) is 11.6 Å². The lowest BCUT2D eigenvalue weighted by Crippen LogP contribution is -2.48. The van der Waals surface area contributed by atoms with E-state index in [2.05, 4.69) is 14.9 Å². The molecule has 5 aliphatic heterocycles. The molecule has 0 aliphatic carbocycles. The molecule has 0 saturated carbocycles. The normalized spacial score (nSPS) is 26.8. The Bertz CT molecular complexity index is 1840. The van der Waals surface area contributed by atoms with Crippen molar-refractivity contribution in [1.82, 2.24) is 19.9 Å². The van der Waals surface area contributed by atoms with Gasteiger partial charge in [0.15, 0.2) is 5.82 Å². The molecule has 6 bridgehead atoms. The quantitative estimate of drug-likeness (QED) is 0.274. The zero-order chi connectivity index (χ0) is 31.6. The summed E-state index contributed by atoms with van der Waals surface area (Å²) in [4.78, 5) is 18.0. The van der Waals surface area contributed by atoms with Crippen molar-refractivity contribution in [3.05, 3.63) is 47.7 Å². The van der Waals surface area contributed by atoms with E-state index in [1.54, 1.807) is 12.1 Å². The molecule has 0 radical (unpaired) electrons. The zero-order valence-electron chi connectivity index (χ0n) is 25.7. The molecule has 242 valence electrons. The molecule has 1 unspecified atom stereocenters. The van der Waals surface area contributed by atoms with Gasteiger partial charge in [-0.15, -0.1) is 0 Å². The molecule has 7 heterocycles. The minimum Gasteiger partial charge on any atom is -0.508 e. The number of fused-ring (bicyclic) bond motifs is 6. The zero-order valence-corrected chi connectivity index (χ0v) is 25.7. The average Bonchev–Trinajstić information content (AvgIpc) is 3.56. The van der Waals surface area contributed by atoms with Crippen molar-refractivity contribution >= 4 is 27.5 Å². The number of aromatic nitrogens is 3. The Balaban J connectivity index is 1.31. The van der Waals surface area contributed by atoms with Gasteiger partial charge in [-0.2, -0.15) is 9.97 Å². The number of halogens is 3. The highest BCUT2D eigenvalue weighted by atomic mass is 19.1. The smallest absolute Gasteiger partial charge is 0.319 e. The Morgan fingerprint density at radius 2 is 1.85 bits per heavy atom. The molecule has 3 fully saturated rings. The lowest BCUT2D eigenvalue weighted by molar-refractivity contribution is 0.0152. The van der Waals surface area contributed by atoms with Gasteiger partial charge in [-0.3, -0.25) is 9.88 Å². The Labute approximate surface area is 265 Å². The van der Waals surface area contributed by atoms with Crippen molar-refractivity contribution in [2.24, 2.45) is 0 Å². The van der Waals surface area contributed by atoms with Crippen LogP contribution in [0.4, 0.5) is 19.0 Å². The summed E-state index contributed by atoms with van der Waals surface area (Å²) in [6.07, 6.45) is 7.34. The molecule has 3 saturated heterocycles. The van der Waals surface area contributed by atoms with Crippen LogP contribution in [-0.2, 0) is 6.42 Å². The van der Waals surface area contributed by atoms with Crippen molar-refractivity contribution in [3.8, 4) is 23.0 Å². The van der Waals surface area contributed by atoms with E-state index in [0.29, 0.717) is 79.3 Å². The third-order valence-electron chi connectivity index (χ3n) is 10.7. The summed E-state index contributed by atoms with van der Waals surface area (Å²) >= 11 is 0. The van der Waals surface area contributed by atoms with Crippen molar-refractivity contribution in [1.29, 1.82) is 0 Å². The van der Waals surface area contributed by atoms with Crippen LogP contribution in [0.5, 0.6) is 11.8 Å². The highest BCUT2D eigenvalue weighted by molar-refractivity contribution is 6.01. The topological polar surface area (TPSA) is 94.8 Å². The predicted octanol–water partition coefficient (Wildman–Crippen LogP) is 6.23. The fraction of sp³-hybridized carbons (Fsp3) is 0.514. The number of ether oxygens (including phenoxy) is 1. The Morgan fingerprint density at radius 1 is 1.00 bits per heavy atom. The van der Waals surface area contributed by atoms with Crippen molar-refractivity contribution < 1.29 is 28.1 Å². The highest BCUT2D eigenvalue weighted by Crippen LogP contribution is 2.42. The van der Waals surface area contributed by atoms with Gasteiger partial charge in [-0.25, -0.2) is 13.2 Å². The highest BCUT2D eigenvalue weighted by Gasteiger charge is 2.49. The van der Waals surface area contributed by atoms with Gasteiger partial charge in [0, 0.05) is 37.8 Å². The number of anilines is 1. The van der Waals surface area contributed by atoms with Gasteiger partial charge < -0.3 is 19.8 Å². The van der Waals surface area contributed by atoms with E-state index in [0.717, 1.165) is 38.6 Å². The SMILES string of the molecule is Oc1cc2c3c(c(F)ccc3c1)CCCCCC1(O)CCCN(C1)c1nc(OC[C@@]34CCCN3C[C@H](F)C4)nc3c(F)c-2ncc13. The minimum absolute atomic E-state index is 0.0174. The third kappa shape index (κ3) is 5.02. The number of benzene rings is 2. The molecule has 3 atom stereocenters. The van der Waals surface area contributed by atoms with E-state index in [4.69, 9.17) is 9.72 Å². The molecule has 2 aromatic heterocycles. The molecular weight excluding hydrogens is 595 g/mol. The molecular formula is C35H38F3N5O3. The Kier molecular flexibility index (Phi) is 7.24. The standard InChI is InChI=1S/C35H38F3N5O3/c36-22-16-34(9-4-13-43(34)18-22)20-46-33-40-31-26-17-39-30(29(31)38)25-15-23(44)14-21-7-8-27(37)24(28(21)25)6-2-1-3-10-35(45)11-5-12-42(19-35)32(26)41-33/h7-8,14-15,17,22,44-45H,1-6,9-13,16,18-20H2/t22-,34+,35?/m1/s1. The number of hydrogen-bond donors (Lipinski definition) is 2. The number of nitrogens with zero attached hydrogens (tertiary/aromatic N) is 5. The molecule has 5 aliphatic rings. The van der Waals surface area contributed by atoms with Gasteiger partial charge in [-0.1, -0.05) is 18.9 Å². The van der Waals surface area contributed by atoms with E-state index in [-0.39, 0.29) is 35.1 Å². The van der Waals surface area contributed by atoms with Crippen LogP contribution in [0.15, 0.2) is 30.5 Å². The summed E-state index contributed by atoms with van der Waals surface area (Å²) in [7, 11) is 0. The molecule has 4 aromatic rings. The number of hydrogen-bond acceptors (Lipinski definition) is 8. The molecule has 0 amide bonds. The lowest BCUT2D eigenvalue weighted by atomic mass is 9.86. The fourth-order valence-electron chi connectivity index (χ4n) is 8.52. The van der Waals surface area contributed by atoms with E-state index < -0.39 is 28.9 Å². The summed E-state index contributed by atoms with van der Waals surface area (Å²) < 4.78 is 53.0. The maximum Gasteiger partial charge on any atom is 0.319 e. The monoisotopic (exact) mass is 633 g/mol. The van der Waals surface area contributed by atoms with Crippen molar-refractivity contribution in [2.75, 3.05) is 37.7 Å². The van der Waals surface area contributed by atoms with Gasteiger partial charge in [-0.05, 0) is 86.0 Å². The number of piperidine rings is 1. The second-order valence-electron chi connectivity index (χ2n) is 13.8. The largest absolute Gasteiger partial charge is 0.508 e. The first-order valence-electron chi connectivity index (χ1n) is 16.5. The number of alkyl halides is 1. The summed E-state index contributed by atoms with van der Waals surface area (Å²) in [5.74, 6) is -0.797. The van der Waals surface area contributed by atoms with Crippen molar-refractivity contribution in [2.45, 2.75) is 81.5 Å². The van der Waals surface area contributed by atoms with Crippen LogP contribution >= 0.6 is 0 Å². The number of aryl methyl sites for hydroxylation is 1. The molecule has 8 nitrogen and oxygen atoms in total. The second kappa shape index (κ2) is 11.2. The maximum absolute atomic E-state index is 16.9. The van der Waals surface area contributed by atoms with Gasteiger partial charge in [0.2, 0.25) is 0 Å². The van der Waals surface area contributed by atoms with Crippen LogP contribution in [0.3, 0.4) is 0 Å². The molecule has 0 spiro atoms. The van der Waals surface area contributed by atoms with Crippen LogP contribution in [0.1, 0.15) is 63.4 Å². The Morgan fingerprint density at radius 3 is 2.74 bits per heavy atom. The maximum atomic E-state index is 16.9. The number of phenols is 1. The Hall–Kier alpha value is -3.70. The third-order valence-corrected chi connectivity index (χ3v) is 10.7. The number of rotatable bonds is 3. The minimum atomic E-state index is -0.960. The summed E-state index contributed by atoms with van der Waals surface area (Å²) in [6.45, 7) is 2.29. The number of phenolic OH excluding ortho intramolecular Hbond substituents is 1. The van der Waals surface area contributed by atoms with E-state index >= 15 is 8.78 Å². The molecule has 11 heteroatoms. The molecule has 46 heavy (non-hydrogen) atoms. The van der Waals surface area contributed by atoms with Crippen LogP contribution < -0.4 is 9.64 Å².